The van der Waals surface area contributed by atoms with Gasteiger partial charge in [-0.1, -0.05) is 216 Å². The van der Waals surface area contributed by atoms with Gasteiger partial charge in [-0.25, -0.2) is 4.98 Å². The third-order valence-corrected chi connectivity index (χ3v) is 10.8. The number of aromatic nitrogens is 2. The Hall–Kier alpha value is -2.35. The monoisotopic (exact) mass is 641 g/mol. The molecule has 3 aromatic rings. The normalized spacial score (nSPS) is 13.5. The van der Waals surface area contributed by atoms with Crippen LogP contribution in [0.25, 0.3) is 0 Å². The van der Waals surface area contributed by atoms with Gasteiger partial charge in [-0.05, 0) is 30.4 Å². The number of rotatable bonds is 29. The van der Waals surface area contributed by atoms with Crippen molar-refractivity contribution in [3.63, 3.8) is 0 Å². The van der Waals surface area contributed by atoms with E-state index in [9.17, 15) is 0 Å². The average Bonchev–Trinajstić information content (AvgIpc) is 3.56. The topological polar surface area (TPSA) is 17.8 Å². The molecule has 0 saturated heterocycles. The van der Waals surface area contributed by atoms with Crippen molar-refractivity contribution in [3.05, 3.63) is 90.0 Å². The van der Waals surface area contributed by atoms with Crippen molar-refractivity contribution in [2.45, 2.75) is 193 Å². The molecule has 1 aromatic heterocycles. The number of hydrogen-bond acceptors (Lipinski definition) is 1. The molecule has 0 N–H and O–H groups in total. The molecule has 0 spiro atoms. The van der Waals surface area contributed by atoms with Crippen molar-refractivity contribution in [1.82, 2.24) is 9.55 Å². The summed E-state index contributed by atoms with van der Waals surface area (Å²) in [6, 6.07) is 22.5. The van der Waals surface area contributed by atoms with E-state index in [0.717, 1.165) is 13.0 Å². The van der Waals surface area contributed by atoms with Crippen molar-refractivity contribution in [1.29, 1.82) is 0 Å². The first kappa shape index (κ1) is 39.1. The van der Waals surface area contributed by atoms with E-state index in [1.165, 1.54) is 165 Å². The van der Waals surface area contributed by atoms with Crippen LogP contribution in [0.1, 0.15) is 191 Å². The van der Waals surface area contributed by atoms with Gasteiger partial charge in [0, 0.05) is 30.3 Å². The first-order chi connectivity index (χ1) is 23.2. The zero-order valence-corrected chi connectivity index (χ0v) is 31.1. The van der Waals surface area contributed by atoms with Crippen molar-refractivity contribution >= 4 is 0 Å². The largest absolute Gasteiger partial charge is 0.335 e. The molecule has 2 atom stereocenters. The summed E-state index contributed by atoms with van der Waals surface area (Å²) < 4.78 is 2.53. The van der Waals surface area contributed by atoms with E-state index in [4.69, 9.17) is 4.98 Å². The van der Waals surface area contributed by atoms with Gasteiger partial charge in [-0.15, -0.1) is 0 Å². The van der Waals surface area contributed by atoms with Crippen LogP contribution in [-0.4, -0.2) is 9.55 Å². The highest BCUT2D eigenvalue weighted by Crippen LogP contribution is 2.44. The van der Waals surface area contributed by atoms with E-state index in [1.54, 1.807) is 0 Å². The van der Waals surface area contributed by atoms with Gasteiger partial charge in [0.1, 0.15) is 5.82 Å². The summed E-state index contributed by atoms with van der Waals surface area (Å²) in [6.07, 6.45) is 37.1. The van der Waals surface area contributed by atoms with Crippen LogP contribution in [0.2, 0.25) is 0 Å². The molecule has 0 aliphatic heterocycles. The van der Waals surface area contributed by atoms with Crippen molar-refractivity contribution in [2.75, 3.05) is 0 Å². The highest BCUT2D eigenvalue weighted by molar-refractivity contribution is 5.33. The van der Waals surface area contributed by atoms with Gasteiger partial charge in [0.15, 0.2) is 0 Å². The van der Waals surface area contributed by atoms with E-state index in [2.05, 4.69) is 98.4 Å². The maximum absolute atomic E-state index is 5.15. The number of nitrogens with zero attached hydrogens (tertiary/aromatic N) is 2. The predicted octanol–water partition coefficient (Wildman–Crippen LogP) is 14.2. The second-order valence-corrected chi connectivity index (χ2v) is 14.8. The lowest BCUT2D eigenvalue weighted by molar-refractivity contribution is 0.321. The molecular formula is C45H72N2. The Morgan fingerprint density at radius 3 is 1.51 bits per heavy atom. The zero-order valence-electron chi connectivity index (χ0n) is 31.1. The molecule has 262 valence electrons. The first-order valence-corrected chi connectivity index (χ1v) is 20.3. The van der Waals surface area contributed by atoms with Crippen LogP contribution in [0.3, 0.4) is 0 Å². The predicted molar refractivity (Wildman–Crippen MR) is 206 cm³/mol. The summed E-state index contributed by atoms with van der Waals surface area (Å²) in [5.74, 6) is 1.69. The Bertz CT molecular complexity index is 1120. The smallest absolute Gasteiger partial charge is 0.112 e. The standard InChI is InChI=1S/C45H72N2/c1-4-6-8-10-12-14-16-17-19-21-23-31-38-47-39-37-46-44(47)43(36-30-22-20-18-15-13-11-9-7-5-2)45(3,42-34-28-25-29-35-42)40-41-32-26-24-27-33-41/h24-29,32-35,37,39,43H,4-23,30-31,36,38,40H2,1-3H3. The number of imidazole rings is 1. The molecular weight excluding hydrogens is 569 g/mol. The fourth-order valence-electron chi connectivity index (χ4n) is 7.78. The number of benzene rings is 2. The zero-order chi connectivity index (χ0) is 33.3. The minimum absolute atomic E-state index is 0.0263. The van der Waals surface area contributed by atoms with Crippen molar-refractivity contribution in [2.24, 2.45) is 0 Å². The fourth-order valence-corrected chi connectivity index (χ4v) is 7.78. The first-order valence-electron chi connectivity index (χ1n) is 20.3. The summed E-state index contributed by atoms with van der Waals surface area (Å²) >= 11 is 0. The molecule has 2 nitrogen and oxygen atoms in total. The van der Waals surface area contributed by atoms with Gasteiger partial charge in [0.25, 0.3) is 0 Å². The van der Waals surface area contributed by atoms with Gasteiger partial charge >= 0.3 is 0 Å². The van der Waals surface area contributed by atoms with Crippen LogP contribution < -0.4 is 0 Å². The maximum Gasteiger partial charge on any atom is 0.112 e. The lowest BCUT2D eigenvalue weighted by atomic mass is 9.66. The van der Waals surface area contributed by atoms with Crippen LogP contribution in [0.15, 0.2) is 73.1 Å². The van der Waals surface area contributed by atoms with Gasteiger partial charge < -0.3 is 4.57 Å². The Morgan fingerprint density at radius 2 is 1.00 bits per heavy atom. The fraction of sp³-hybridized carbons (Fsp3) is 0.667. The minimum atomic E-state index is -0.0263. The summed E-state index contributed by atoms with van der Waals surface area (Å²) in [5, 5.41) is 0. The highest BCUT2D eigenvalue weighted by atomic mass is 15.1. The molecule has 2 heteroatoms. The number of aryl methyl sites for hydroxylation is 1. The highest BCUT2D eigenvalue weighted by Gasteiger charge is 2.39. The molecule has 2 unspecified atom stereocenters. The van der Waals surface area contributed by atoms with E-state index in [0.29, 0.717) is 5.92 Å². The third kappa shape index (κ3) is 15.2. The van der Waals surface area contributed by atoms with Gasteiger partial charge in [0.2, 0.25) is 0 Å². The van der Waals surface area contributed by atoms with E-state index in [1.807, 2.05) is 0 Å². The Labute approximate surface area is 291 Å². The van der Waals surface area contributed by atoms with Gasteiger partial charge in [-0.3, -0.25) is 0 Å². The van der Waals surface area contributed by atoms with E-state index < -0.39 is 0 Å². The quantitative estimate of drug-likeness (QED) is 0.0690. The molecule has 0 aliphatic carbocycles. The summed E-state index contributed by atoms with van der Waals surface area (Å²) in [7, 11) is 0. The van der Waals surface area contributed by atoms with Gasteiger partial charge in [0.05, 0.1) is 0 Å². The molecule has 0 aliphatic rings. The second-order valence-electron chi connectivity index (χ2n) is 14.8. The molecule has 0 amide bonds. The Kier molecular flexibility index (Phi) is 20.6. The lowest BCUT2D eigenvalue weighted by Gasteiger charge is -2.39. The van der Waals surface area contributed by atoms with E-state index >= 15 is 0 Å². The summed E-state index contributed by atoms with van der Waals surface area (Å²) in [6.45, 7) is 8.23. The van der Waals surface area contributed by atoms with Gasteiger partial charge in [-0.2, -0.15) is 0 Å². The average molecular weight is 641 g/mol. The molecule has 2 aromatic carbocycles. The number of hydrogen-bond donors (Lipinski definition) is 0. The van der Waals surface area contributed by atoms with Crippen LogP contribution >= 0.6 is 0 Å². The summed E-state index contributed by atoms with van der Waals surface area (Å²) in [5.41, 5.74) is 2.84. The molecule has 0 bridgehead atoms. The Morgan fingerprint density at radius 1 is 0.553 bits per heavy atom. The lowest BCUT2D eigenvalue weighted by Crippen LogP contribution is -2.35. The van der Waals surface area contributed by atoms with Crippen LogP contribution in [-0.2, 0) is 18.4 Å². The molecule has 47 heavy (non-hydrogen) atoms. The third-order valence-electron chi connectivity index (χ3n) is 10.8. The Balaban J connectivity index is 1.61. The van der Waals surface area contributed by atoms with Crippen LogP contribution in [0.4, 0.5) is 0 Å². The van der Waals surface area contributed by atoms with Crippen LogP contribution in [0, 0.1) is 0 Å². The number of unbranched alkanes of at least 4 members (excludes halogenated alkanes) is 20. The van der Waals surface area contributed by atoms with Crippen LogP contribution in [0.5, 0.6) is 0 Å². The molecule has 1 heterocycles. The van der Waals surface area contributed by atoms with Crippen molar-refractivity contribution in [3.8, 4) is 0 Å². The van der Waals surface area contributed by atoms with Crippen molar-refractivity contribution < 1.29 is 0 Å². The molecule has 0 radical (unpaired) electrons. The van der Waals surface area contributed by atoms with E-state index in [-0.39, 0.29) is 5.41 Å². The maximum atomic E-state index is 5.15. The molecule has 0 fully saturated rings. The molecule has 0 saturated carbocycles. The minimum Gasteiger partial charge on any atom is -0.335 e. The summed E-state index contributed by atoms with van der Waals surface area (Å²) in [4.78, 5) is 5.15. The second kappa shape index (κ2) is 24.7. The molecule has 3 rings (SSSR count). The SMILES string of the molecule is CCCCCCCCCCCCCCn1ccnc1C(CCCCCCCCCCCC)C(C)(Cc1ccccc1)c1ccccc1.